The van der Waals surface area contributed by atoms with E-state index in [9.17, 15) is 0 Å². The van der Waals surface area contributed by atoms with Gasteiger partial charge < -0.3 is 0 Å². The molecule has 3 heteroatoms. The van der Waals surface area contributed by atoms with Crippen molar-refractivity contribution in [2.45, 2.75) is 0 Å². The van der Waals surface area contributed by atoms with Crippen LogP contribution in [0.25, 0.3) is 0 Å². The molecule has 0 bridgehead atoms. The molecule has 1 aromatic heterocycles. The van der Waals surface area contributed by atoms with E-state index < -0.39 is 0 Å². The van der Waals surface area contributed by atoms with Crippen LogP contribution < -0.4 is 9.47 Å². The van der Waals surface area contributed by atoms with Crippen LogP contribution in [-0.4, -0.2) is 21.3 Å². The van der Waals surface area contributed by atoms with Crippen molar-refractivity contribution in [1.82, 2.24) is 0 Å². The van der Waals surface area contributed by atoms with Crippen molar-refractivity contribution in [2.75, 3.05) is 6.79 Å². The van der Waals surface area contributed by atoms with Crippen molar-refractivity contribution in [3.63, 3.8) is 0 Å². The van der Waals surface area contributed by atoms with E-state index in [1.807, 2.05) is 0 Å². The Morgan fingerprint density at radius 1 is 1.25 bits per heavy atom. The van der Waals surface area contributed by atoms with Gasteiger partial charge in [0.25, 0.3) is 0 Å². The van der Waals surface area contributed by atoms with Gasteiger partial charge in [-0.3, -0.25) is 0 Å². The summed E-state index contributed by atoms with van der Waals surface area (Å²) in [6, 6.07) is 0. The molecule has 0 aromatic carbocycles. The fraction of sp³-hybridized carbons (Fsp3) is 0.200. The molecule has 0 saturated carbocycles. The van der Waals surface area contributed by atoms with Crippen LogP contribution in [0.2, 0.25) is 0 Å². The summed E-state index contributed by atoms with van der Waals surface area (Å²) in [4.78, 5) is 4.16. The first-order chi connectivity index (χ1) is 3.97. The Hall–Kier alpha value is -0.401. The second-order valence-corrected chi connectivity index (χ2v) is 3.07. The molecule has 0 radical (unpaired) electrons. The molecule has 2 rings (SSSR count). The van der Waals surface area contributed by atoms with Crippen LogP contribution >= 0.6 is 0 Å². The quantitative estimate of drug-likeness (QED) is 0.533. The molecule has 1 aliphatic rings. The van der Waals surface area contributed by atoms with Crippen molar-refractivity contribution in [2.24, 2.45) is 0 Å². The molecular formula is C5H4O2Se. The monoisotopic (exact) mass is 176 g/mol. The van der Waals surface area contributed by atoms with Crippen LogP contribution in [0.15, 0.2) is 9.88 Å². The second kappa shape index (κ2) is 1.54. The van der Waals surface area contributed by atoms with Crippen LogP contribution in [0.5, 0.6) is 11.5 Å². The molecule has 0 amide bonds. The molecule has 0 fully saturated rings. The average Bonchev–Trinajstić information content (AvgIpc) is 2.15. The number of hydrogen-bond acceptors (Lipinski definition) is 2. The summed E-state index contributed by atoms with van der Waals surface area (Å²) in [7, 11) is 0. The Labute approximate surface area is 52.8 Å². The van der Waals surface area contributed by atoms with Crippen molar-refractivity contribution in [1.29, 1.82) is 0 Å². The SMILES string of the molecule is c1[se]cc2c1OCO2. The van der Waals surface area contributed by atoms with Gasteiger partial charge in [-0.25, -0.2) is 0 Å². The first-order valence-electron chi connectivity index (χ1n) is 2.28. The average molecular weight is 175 g/mol. The zero-order chi connectivity index (χ0) is 5.40. The van der Waals surface area contributed by atoms with Gasteiger partial charge in [0.2, 0.25) is 0 Å². The van der Waals surface area contributed by atoms with E-state index in [0.717, 1.165) is 11.5 Å². The Kier molecular flexibility index (Phi) is 0.860. The molecule has 0 saturated heterocycles. The van der Waals surface area contributed by atoms with Crippen LogP contribution in [0, 0.1) is 0 Å². The normalized spacial score (nSPS) is 14.5. The molecule has 1 aromatic rings. The van der Waals surface area contributed by atoms with E-state index in [1.165, 1.54) is 0 Å². The van der Waals surface area contributed by atoms with Gasteiger partial charge >= 0.3 is 52.1 Å². The van der Waals surface area contributed by atoms with Gasteiger partial charge in [-0.15, -0.1) is 0 Å². The van der Waals surface area contributed by atoms with Crippen LogP contribution in [0.4, 0.5) is 0 Å². The van der Waals surface area contributed by atoms with Crippen LogP contribution in [0.1, 0.15) is 0 Å². The number of fused-ring (bicyclic) bond motifs is 1. The Morgan fingerprint density at radius 2 is 1.88 bits per heavy atom. The van der Waals surface area contributed by atoms with E-state index in [0.29, 0.717) is 21.3 Å². The zero-order valence-corrected chi connectivity index (χ0v) is 5.80. The molecule has 0 spiro atoms. The maximum absolute atomic E-state index is 5.06. The summed E-state index contributed by atoms with van der Waals surface area (Å²) in [6.07, 6.45) is 0. The van der Waals surface area contributed by atoms with E-state index in [1.54, 1.807) is 0 Å². The molecule has 0 N–H and O–H groups in total. The van der Waals surface area contributed by atoms with Gasteiger partial charge in [0.1, 0.15) is 0 Å². The number of rotatable bonds is 0. The number of ether oxygens (including phenoxy) is 2. The molecule has 8 heavy (non-hydrogen) atoms. The minimum atomic E-state index is 0.410. The van der Waals surface area contributed by atoms with Gasteiger partial charge in [-0.05, 0) is 0 Å². The van der Waals surface area contributed by atoms with Crippen molar-refractivity contribution < 1.29 is 9.47 Å². The van der Waals surface area contributed by atoms with Gasteiger partial charge in [-0.1, -0.05) is 0 Å². The second-order valence-electron chi connectivity index (χ2n) is 1.51. The van der Waals surface area contributed by atoms with Gasteiger partial charge in [0.15, 0.2) is 0 Å². The molecule has 2 heterocycles. The molecule has 42 valence electrons. The predicted octanol–water partition coefficient (Wildman–Crippen LogP) is 0.472. The fourth-order valence-electron chi connectivity index (χ4n) is 0.641. The molecule has 0 atom stereocenters. The minimum absolute atomic E-state index is 0.410. The third-order valence-electron chi connectivity index (χ3n) is 1.02. The first kappa shape index (κ1) is 4.48. The fourth-order valence-corrected chi connectivity index (χ4v) is 2.07. The summed E-state index contributed by atoms with van der Waals surface area (Å²) in [5.74, 6) is 1.90. The van der Waals surface area contributed by atoms with Crippen LogP contribution in [-0.2, 0) is 0 Å². The van der Waals surface area contributed by atoms with E-state index in [4.69, 9.17) is 9.47 Å². The summed E-state index contributed by atoms with van der Waals surface area (Å²) in [5.41, 5.74) is 0. The summed E-state index contributed by atoms with van der Waals surface area (Å²) >= 11 is 0.491. The van der Waals surface area contributed by atoms with Gasteiger partial charge in [-0.2, -0.15) is 0 Å². The van der Waals surface area contributed by atoms with Crippen molar-refractivity contribution >= 4 is 14.5 Å². The van der Waals surface area contributed by atoms with E-state index in [-0.39, 0.29) is 0 Å². The van der Waals surface area contributed by atoms with Crippen molar-refractivity contribution in [3.8, 4) is 11.5 Å². The van der Waals surface area contributed by atoms with Crippen LogP contribution in [0.3, 0.4) is 0 Å². The summed E-state index contributed by atoms with van der Waals surface area (Å²) in [5, 5.41) is 0. The Bertz CT molecular complexity index is 176. The zero-order valence-electron chi connectivity index (χ0n) is 4.09. The Balaban J connectivity index is 2.54. The molecule has 0 unspecified atom stereocenters. The third-order valence-corrected chi connectivity index (χ3v) is 2.49. The maximum atomic E-state index is 5.06. The van der Waals surface area contributed by atoms with Crippen molar-refractivity contribution in [3.05, 3.63) is 9.88 Å². The third kappa shape index (κ3) is 0.487. The molecule has 1 aliphatic heterocycles. The van der Waals surface area contributed by atoms with E-state index in [2.05, 4.69) is 9.88 Å². The van der Waals surface area contributed by atoms with Gasteiger partial charge in [0, 0.05) is 0 Å². The Morgan fingerprint density at radius 3 is 2.50 bits per heavy atom. The van der Waals surface area contributed by atoms with Gasteiger partial charge in [0.05, 0.1) is 0 Å². The van der Waals surface area contributed by atoms with E-state index >= 15 is 0 Å². The first-order valence-corrected chi connectivity index (χ1v) is 4.26. The number of hydrogen-bond donors (Lipinski definition) is 0. The summed E-state index contributed by atoms with van der Waals surface area (Å²) in [6.45, 7) is 0.410. The topological polar surface area (TPSA) is 18.5 Å². The molecule has 2 nitrogen and oxygen atoms in total. The predicted molar refractivity (Wildman–Crippen MR) is 29.5 cm³/mol. The molecule has 0 aliphatic carbocycles. The standard InChI is InChI=1S/C5H4O2Se/c1-4-5(2-8-1)7-3-6-4/h1-2H,3H2. The summed E-state index contributed by atoms with van der Waals surface area (Å²) < 4.78 is 10.1. The molecular weight excluding hydrogens is 171 g/mol.